The number of rotatable bonds is 5. The molecule has 1 aromatic carbocycles. The standard InChI is InChI=1S/C19H29N3O3S/c1-15-7-3-4-12-22(15)26(24,25)18-10-5-8-16(13-18)19(23)21-11-6-9-17(21)14-20-2/h5,8,10,13,15,17,20H,3-4,6-7,9,11-12,14H2,1-2H3. The smallest absolute Gasteiger partial charge is 0.254 e. The minimum atomic E-state index is -3.56. The van der Waals surface area contributed by atoms with Crippen molar-refractivity contribution in [1.29, 1.82) is 0 Å². The van der Waals surface area contributed by atoms with Gasteiger partial charge in [0.05, 0.1) is 4.90 Å². The van der Waals surface area contributed by atoms with E-state index in [0.29, 0.717) is 12.1 Å². The quantitative estimate of drug-likeness (QED) is 0.850. The third kappa shape index (κ3) is 3.80. The van der Waals surface area contributed by atoms with Crippen LogP contribution in [0.5, 0.6) is 0 Å². The van der Waals surface area contributed by atoms with Crippen LogP contribution in [0, 0.1) is 0 Å². The second-order valence-electron chi connectivity index (χ2n) is 7.34. The molecule has 1 N–H and O–H groups in total. The lowest BCUT2D eigenvalue weighted by Crippen LogP contribution is -2.42. The number of likely N-dealkylation sites (N-methyl/N-ethyl adjacent to an activating group) is 1. The molecule has 2 saturated heterocycles. The highest BCUT2D eigenvalue weighted by molar-refractivity contribution is 7.89. The van der Waals surface area contributed by atoms with Crippen LogP contribution in [-0.2, 0) is 10.0 Å². The van der Waals surface area contributed by atoms with E-state index in [-0.39, 0.29) is 22.9 Å². The summed E-state index contributed by atoms with van der Waals surface area (Å²) in [6, 6.07) is 6.73. The highest BCUT2D eigenvalue weighted by Crippen LogP contribution is 2.26. The summed E-state index contributed by atoms with van der Waals surface area (Å²) in [6.45, 7) is 4.00. The first kappa shape index (κ1) is 19.3. The Labute approximate surface area is 156 Å². The Kier molecular flexibility index (Phi) is 5.99. The van der Waals surface area contributed by atoms with Crippen molar-refractivity contribution in [3.8, 4) is 0 Å². The molecule has 2 aliphatic rings. The number of amides is 1. The molecule has 7 heteroatoms. The number of benzene rings is 1. The van der Waals surface area contributed by atoms with Crippen molar-refractivity contribution in [2.45, 2.75) is 56.0 Å². The van der Waals surface area contributed by atoms with Crippen LogP contribution in [0.4, 0.5) is 0 Å². The van der Waals surface area contributed by atoms with Gasteiger partial charge in [-0.3, -0.25) is 4.79 Å². The molecule has 0 saturated carbocycles. The minimum Gasteiger partial charge on any atom is -0.334 e. The van der Waals surface area contributed by atoms with Crippen LogP contribution in [0.25, 0.3) is 0 Å². The molecule has 144 valence electrons. The van der Waals surface area contributed by atoms with Crippen molar-refractivity contribution in [3.05, 3.63) is 29.8 Å². The Balaban J connectivity index is 1.85. The SMILES string of the molecule is CNCC1CCCN1C(=O)c1cccc(S(=O)(=O)N2CCCCC2C)c1. The largest absolute Gasteiger partial charge is 0.334 e. The first-order valence-corrected chi connectivity index (χ1v) is 11.0. The molecule has 2 unspecified atom stereocenters. The number of sulfonamides is 1. The summed E-state index contributed by atoms with van der Waals surface area (Å²) in [4.78, 5) is 15.0. The molecule has 2 aliphatic heterocycles. The van der Waals surface area contributed by atoms with Gasteiger partial charge in [0, 0.05) is 37.3 Å². The van der Waals surface area contributed by atoms with E-state index in [0.717, 1.165) is 45.2 Å². The van der Waals surface area contributed by atoms with Crippen LogP contribution in [0.3, 0.4) is 0 Å². The fraction of sp³-hybridized carbons (Fsp3) is 0.632. The van der Waals surface area contributed by atoms with Gasteiger partial charge in [-0.05, 0) is 57.9 Å². The van der Waals surface area contributed by atoms with Gasteiger partial charge in [0.25, 0.3) is 5.91 Å². The van der Waals surface area contributed by atoms with E-state index in [1.807, 2.05) is 18.9 Å². The maximum atomic E-state index is 13.1. The van der Waals surface area contributed by atoms with Crippen molar-refractivity contribution < 1.29 is 13.2 Å². The number of hydrogen-bond acceptors (Lipinski definition) is 4. The molecular formula is C19H29N3O3S. The molecule has 2 heterocycles. The first-order valence-electron chi connectivity index (χ1n) is 9.52. The van der Waals surface area contributed by atoms with E-state index in [9.17, 15) is 13.2 Å². The maximum absolute atomic E-state index is 13.1. The van der Waals surface area contributed by atoms with Gasteiger partial charge in [0.2, 0.25) is 10.0 Å². The summed E-state index contributed by atoms with van der Waals surface area (Å²) in [7, 11) is -1.68. The molecule has 1 amide bonds. The third-order valence-corrected chi connectivity index (χ3v) is 7.52. The fourth-order valence-corrected chi connectivity index (χ4v) is 5.82. The van der Waals surface area contributed by atoms with E-state index in [1.54, 1.807) is 28.6 Å². The number of carbonyl (C=O) groups is 1. The Morgan fingerprint density at radius 2 is 2.00 bits per heavy atom. The molecule has 1 aromatic rings. The lowest BCUT2D eigenvalue weighted by atomic mass is 10.1. The number of nitrogens with one attached hydrogen (secondary N) is 1. The van der Waals surface area contributed by atoms with E-state index >= 15 is 0 Å². The lowest BCUT2D eigenvalue weighted by Gasteiger charge is -2.32. The van der Waals surface area contributed by atoms with Crippen molar-refractivity contribution >= 4 is 15.9 Å². The van der Waals surface area contributed by atoms with Gasteiger partial charge in [-0.15, -0.1) is 0 Å². The van der Waals surface area contributed by atoms with Crippen molar-refractivity contribution in [2.24, 2.45) is 0 Å². The van der Waals surface area contributed by atoms with Crippen LogP contribution in [0.15, 0.2) is 29.2 Å². The minimum absolute atomic E-state index is 0.00620. The van der Waals surface area contributed by atoms with Gasteiger partial charge in [-0.25, -0.2) is 8.42 Å². The average molecular weight is 380 g/mol. The highest BCUT2D eigenvalue weighted by Gasteiger charge is 2.33. The summed E-state index contributed by atoms with van der Waals surface area (Å²) in [5, 5.41) is 3.13. The summed E-state index contributed by atoms with van der Waals surface area (Å²) >= 11 is 0. The molecule has 0 radical (unpaired) electrons. The Morgan fingerprint density at radius 3 is 2.73 bits per heavy atom. The zero-order valence-corrected chi connectivity index (χ0v) is 16.5. The van der Waals surface area contributed by atoms with Gasteiger partial charge < -0.3 is 10.2 Å². The second-order valence-corrected chi connectivity index (χ2v) is 9.23. The zero-order chi connectivity index (χ0) is 18.7. The van der Waals surface area contributed by atoms with E-state index in [2.05, 4.69) is 5.32 Å². The average Bonchev–Trinajstić information content (AvgIpc) is 3.10. The van der Waals surface area contributed by atoms with Crippen LogP contribution < -0.4 is 5.32 Å². The van der Waals surface area contributed by atoms with E-state index in [1.165, 1.54) is 0 Å². The van der Waals surface area contributed by atoms with Crippen molar-refractivity contribution in [3.63, 3.8) is 0 Å². The van der Waals surface area contributed by atoms with Crippen LogP contribution in [0.2, 0.25) is 0 Å². The highest BCUT2D eigenvalue weighted by atomic mass is 32.2. The monoisotopic (exact) mass is 379 g/mol. The third-order valence-electron chi connectivity index (χ3n) is 5.51. The number of hydrogen-bond donors (Lipinski definition) is 1. The number of carbonyl (C=O) groups excluding carboxylic acids is 1. The molecule has 2 fully saturated rings. The van der Waals surface area contributed by atoms with Gasteiger partial charge in [0.1, 0.15) is 0 Å². The summed E-state index contributed by atoms with van der Waals surface area (Å²) in [5.41, 5.74) is 0.457. The normalized spacial score (nSPS) is 24.8. The van der Waals surface area contributed by atoms with Gasteiger partial charge in [-0.2, -0.15) is 4.31 Å². The molecule has 0 aliphatic carbocycles. The lowest BCUT2D eigenvalue weighted by molar-refractivity contribution is 0.0737. The van der Waals surface area contributed by atoms with Gasteiger partial charge >= 0.3 is 0 Å². The fourth-order valence-electron chi connectivity index (χ4n) is 4.07. The van der Waals surface area contributed by atoms with E-state index in [4.69, 9.17) is 0 Å². The predicted octanol–water partition coefficient (Wildman–Crippen LogP) is 2.07. The maximum Gasteiger partial charge on any atom is 0.254 e. The van der Waals surface area contributed by atoms with E-state index < -0.39 is 10.0 Å². The number of piperidine rings is 1. The van der Waals surface area contributed by atoms with Crippen molar-refractivity contribution in [1.82, 2.24) is 14.5 Å². The number of likely N-dealkylation sites (tertiary alicyclic amines) is 1. The van der Waals surface area contributed by atoms with Crippen LogP contribution in [0.1, 0.15) is 49.4 Å². The molecular weight excluding hydrogens is 350 g/mol. The summed E-state index contributed by atoms with van der Waals surface area (Å²) in [6.07, 6.45) is 4.81. The van der Waals surface area contributed by atoms with Gasteiger partial charge in [-0.1, -0.05) is 12.5 Å². The zero-order valence-electron chi connectivity index (χ0n) is 15.6. The molecule has 26 heavy (non-hydrogen) atoms. The molecule has 0 bridgehead atoms. The predicted molar refractivity (Wildman–Crippen MR) is 102 cm³/mol. The Morgan fingerprint density at radius 1 is 1.19 bits per heavy atom. The molecule has 6 nitrogen and oxygen atoms in total. The Hall–Kier alpha value is -1.44. The molecule has 3 rings (SSSR count). The van der Waals surface area contributed by atoms with Gasteiger partial charge in [0.15, 0.2) is 0 Å². The molecule has 0 aromatic heterocycles. The topological polar surface area (TPSA) is 69.7 Å². The van der Waals surface area contributed by atoms with Crippen LogP contribution in [-0.4, -0.2) is 62.3 Å². The summed E-state index contributed by atoms with van der Waals surface area (Å²) < 4.78 is 27.7. The Bertz CT molecular complexity index is 750. The molecule has 2 atom stereocenters. The number of nitrogens with zero attached hydrogens (tertiary/aromatic N) is 2. The van der Waals surface area contributed by atoms with Crippen LogP contribution >= 0.6 is 0 Å². The second kappa shape index (κ2) is 8.06. The summed E-state index contributed by atoms with van der Waals surface area (Å²) in [5.74, 6) is -0.0773. The first-order chi connectivity index (χ1) is 12.4. The van der Waals surface area contributed by atoms with Crippen molar-refractivity contribution in [2.75, 3.05) is 26.7 Å². The molecule has 0 spiro atoms.